The van der Waals surface area contributed by atoms with E-state index >= 15 is 0 Å². The van der Waals surface area contributed by atoms with E-state index in [0.717, 1.165) is 28.3 Å². The molecule has 0 aromatic heterocycles. The first kappa shape index (κ1) is 22.6. The van der Waals surface area contributed by atoms with Gasteiger partial charge in [0, 0.05) is 19.3 Å². The Kier molecular flexibility index (Phi) is 7.62. The Balaban J connectivity index is 1.77. The number of rotatable bonds is 5. The lowest BCUT2D eigenvalue weighted by molar-refractivity contribution is -0.127. The average molecular weight is 699 g/mol. The zero-order valence-corrected chi connectivity index (χ0v) is 21.6. The molecule has 0 radical (unpaired) electrons. The topological polar surface area (TPSA) is 75.7 Å². The van der Waals surface area contributed by atoms with Crippen LogP contribution in [0.25, 0.3) is 6.08 Å². The molecule has 0 bridgehead atoms. The van der Waals surface area contributed by atoms with Crippen molar-refractivity contribution in [3.05, 3.63) is 58.5 Å². The van der Waals surface area contributed by atoms with Crippen LogP contribution in [0.5, 0.6) is 5.75 Å². The van der Waals surface area contributed by atoms with Crippen molar-refractivity contribution in [1.82, 2.24) is 4.90 Å². The van der Waals surface area contributed by atoms with Gasteiger partial charge in [-0.05, 0) is 99.4 Å². The maximum atomic E-state index is 12.7. The highest BCUT2D eigenvalue weighted by atomic mass is 127. The van der Waals surface area contributed by atoms with Gasteiger partial charge >= 0.3 is 0 Å². The first-order chi connectivity index (χ1) is 13.8. The molecular formula is C19H13BrI2N2O4S. The summed E-state index contributed by atoms with van der Waals surface area (Å²) in [6.07, 6.45) is 1.63. The van der Waals surface area contributed by atoms with Crippen LogP contribution in [0.15, 0.2) is 45.8 Å². The van der Waals surface area contributed by atoms with Crippen molar-refractivity contribution < 1.29 is 19.1 Å². The summed E-state index contributed by atoms with van der Waals surface area (Å²) in [6, 6.07) is 10.8. The molecule has 1 heterocycles. The molecule has 1 N–H and O–H groups in total. The molecule has 150 valence electrons. The van der Waals surface area contributed by atoms with Gasteiger partial charge in [0.25, 0.3) is 11.1 Å². The molecule has 0 atom stereocenters. The van der Waals surface area contributed by atoms with Crippen LogP contribution in [0, 0.1) is 7.14 Å². The molecule has 0 spiro atoms. The van der Waals surface area contributed by atoms with Gasteiger partial charge in [-0.2, -0.15) is 0 Å². The van der Waals surface area contributed by atoms with E-state index in [-0.39, 0.29) is 11.4 Å². The number of methoxy groups -OCH3 is 1. The van der Waals surface area contributed by atoms with Gasteiger partial charge in [-0.1, -0.05) is 15.9 Å². The minimum Gasteiger partial charge on any atom is -0.495 e. The zero-order chi connectivity index (χ0) is 21.1. The number of carbonyl (C=O) groups excluding carboxylic acids is 3. The first-order valence-corrected chi connectivity index (χ1v) is 11.9. The third-order valence-corrected chi connectivity index (χ3v) is 6.69. The van der Waals surface area contributed by atoms with Gasteiger partial charge in [0.15, 0.2) is 0 Å². The first-order valence-electron chi connectivity index (χ1n) is 8.12. The molecule has 10 heteroatoms. The normalized spacial score (nSPS) is 15.2. The van der Waals surface area contributed by atoms with Crippen molar-refractivity contribution in [1.29, 1.82) is 0 Å². The number of benzene rings is 2. The predicted octanol–water partition coefficient (Wildman–Crippen LogP) is 5.34. The zero-order valence-electron chi connectivity index (χ0n) is 14.9. The van der Waals surface area contributed by atoms with Crippen LogP contribution in [-0.2, 0) is 9.59 Å². The molecule has 29 heavy (non-hydrogen) atoms. The SMILES string of the molecule is COc1c(I)cc(I)cc1/C=C1/SC(=O)N(CC(=O)Nc2ccc(Br)cc2)C1=O. The second-order valence-corrected chi connectivity index (χ2v) is 10.1. The maximum absolute atomic E-state index is 12.7. The van der Waals surface area contributed by atoms with E-state index in [1.807, 2.05) is 12.1 Å². The van der Waals surface area contributed by atoms with E-state index in [4.69, 9.17) is 4.74 Å². The number of thioether (sulfide) groups is 1. The van der Waals surface area contributed by atoms with Crippen molar-refractivity contribution in [3.63, 3.8) is 0 Å². The predicted molar refractivity (Wildman–Crippen MR) is 134 cm³/mol. The van der Waals surface area contributed by atoms with Crippen molar-refractivity contribution in [2.75, 3.05) is 19.0 Å². The number of anilines is 1. The minimum absolute atomic E-state index is 0.252. The third kappa shape index (κ3) is 5.52. The molecule has 0 saturated carbocycles. The number of nitrogens with zero attached hydrogens (tertiary/aromatic N) is 1. The number of nitrogens with one attached hydrogen (secondary N) is 1. The van der Waals surface area contributed by atoms with Crippen molar-refractivity contribution in [3.8, 4) is 5.75 Å². The van der Waals surface area contributed by atoms with Crippen molar-refractivity contribution in [2.45, 2.75) is 0 Å². The summed E-state index contributed by atoms with van der Waals surface area (Å²) in [5.74, 6) is -0.315. The van der Waals surface area contributed by atoms with Gasteiger partial charge in [0.05, 0.1) is 15.6 Å². The fourth-order valence-electron chi connectivity index (χ4n) is 2.56. The highest BCUT2D eigenvalue weighted by Gasteiger charge is 2.36. The smallest absolute Gasteiger partial charge is 0.294 e. The Bertz CT molecular complexity index is 1030. The molecular weight excluding hydrogens is 686 g/mol. The fourth-order valence-corrected chi connectivity index (χ4v) is 5.76. The van der Waals surface area contributed by atoms with Crippen LogP contribution in [0.4, 0.5) is 10.5 Å². The largest absolute Gasteiger partial charge is 0.495 e. The Hall–Kier alpha value is -1.12. The number of ether oxygens (including phenoxy) is 1. The monoisotopic (exact) mass is 698 g/mol. The average Bonchev–Trinajstić information content (AvgIpc) is 2.91. The summed E-state index contributed by atoms with van der Waals surface area (Å²) < 4.78 is 8.19. The number of hydrogen-bond donors (Lipinski definition) is 1. The summed E-state index contributed by atoms with van der Waals surface area (Å²) in [7, 11) is 1.56. The number of carbonyl (C=O) groups is 3. The highest BCUT2D eigenvalue weighted by Crippen LogP contribution is 2.36. The maximum Gasteiger partial charge on any atom is 0.294 e. The second-order valence-electron chi connectivity index (χ2n) is 5.83. The van der Waals surface area contributed by atoms with Gasteiger partial charge in [0.1, 0.15) is 12.3 Å². The van der Waals surface area contributed by atoms with Crippen LogP contribution in [-0.4, -0.2) is 35.6 Å². The molecule has 3 amide bonds. The molecule has 1 aliphatic rings. The van der Waals surface area contributed by atoms with Gasteiger partial charge in [-0.25, -0.2) is 0 Å². The quantitative estimate of drug-likeness (QED) is 0.337. The van der Waals surface area contributed by atoms with Crippen LogP contribution in [0.2, 0.25) is 0 Å². The Labute approximate surface area is 207 Å². The van der Waals surface area contributed by atoms with E-state index in [1.165, 1.54) is 0 Å². The molecule has 0 aliphatic carbocycles. The standard InChI is InChI=1S/C19H13BrI2N2O4S/c1-28-17-10(6-12(21)8-14(17)22)7-15-18(26)24(19(27)29-15)9-16(25)23-13-4-2-11(20)3-5-13/h2-8H,9H2,1H3,(H,23,25)/b15-7+. The van der Waals surface area contributed by atoms with E-state index in [0.29, 0.717) is 17.0 Å². The van der Waals surface area contributed by atoms with Gasteiger partial charge in [-0.15, -0.1) is 0 Å². The Morgan fingerprint density at radius 3 is 2.59 bits per heavy atom. The highest BCUT2D eigenvalue weighted by molar-refractivity contribution is 14.1. The van der Waals surface area contributed by atoms with E-state index in [9.17, 15) is 14.4 Å². The lowest BCUT2D eigenvalue weighted by Gasteiger charge is -2.12. The van der Waals surface area contributed by atoms with Crippen molar-refractivity contribution in [2.24, 2.45) is 0 Å². The van der Waals surface area contributed by atoms with Gasteiger partial charge < -0.3 is 10.1 Å². The van der Waals surface area contributed by atoms with Crippen LogP contribution >= 0.6 is 72.9 Å². The van der Waals surface area contributed by atoms with Gasteiger partial charge in [0.2, 0.25) is 5.91 Å². The molecule has 0 unspecified atom stereocenters. The molecule has 1 saturated heterocycles. The number of imide groups is 1. The molecule has 1 fully saturated rings. The van der Waals surface area contributed by atoms with Crippen LogP contribution in [0.1, 0.15) is 5.56 Å². The third-order valence-electron chi connectivity index (χ3n) is 3.83. The Morgan fingerprint density at radius 1 is 1.24 bits per heavy atom. The second kappa shape index (κ2) is 9.79. The molecule has 1 aliphatic heterocycles. The molecule has 6 nitrogen and oxygen atoms in total. The number of amides is 3. The summed E-state index contributed by atoms with van der Waals surface area (Å²) >= 11 is 8.47. The van der Waals surface area contributed by atoms with Crippen LogP contribution < -0.4 is 10.1 Å². The molecule has 2 aromatic carbocycles. The lowest BCUT2D eigenvalue weighted by Crippen LogP contribution is -2.36. The summed E-state index contributed by atoms with van der Waals surface area (Å²) in [5.41, 5.74) is 1.28. The molecule has 2 aromatic rings. The van der Waals surface area contributed by atoms with E-state index < -0.39 is 17.1 Å². The lowest BCUT2D eigenvalue weighted by atomic mass is 10.2. The minimum atomic E-state index is -0.498. The van der Waals surface area contributed by atoms with Gasteiger partial charge in [-0.3, -0.25) is 19.3 Å². The van der Waals surface area contributed by atoms with Crippen molar-refractivity contribution >= 4 is 102 Å². The number of halogens is 3. The number of hydrogen-bond acceptors (Lipinski definition) is 5. The summed E-state index contributed by atoms with van der Waals surface area (Å²) in [4.78, 5) is 38.5. The van der Waals surface area contributed by atoms with Crippen LogP contribution in [0.3, 0.4) is 0 Å². The Morgan fingerprint density at radius 2 is 1.93 bits per heavy atom. The van der Waals surface area contributed by atoms with E-state index in [2.05, 4.69) is 66.4 Å². The summed E-state index contributed by atoms with van der Waals surface area (Å²) in [5, 5.41) is 2.20. The van der Waals surface area contributed by atoms with E-state index in [1.54, 1.807) is 37.5 Å². The fraction of sp³-hybridized carbons (Fsp3) is 0.105. The molecule has 3 rings (SSSR count). The summed E-state index contributed by atoms with van der Waals surface area (Å²) in [6.45, 7) is -0.348.